The summed E-state index contributed by atoms with van der Waals surface area (Å²) >= 11 is 0. The third kappa shape index (κ3) is 3.08. The Labute approximate surface area is 107 Å². The van der Waals surface area contributed by atoms with Crippen molar-refractivity contribution in [3.8, 4) is 0 Å². The van der Waals surface area contributed by atoms with Crippen molar-refractivity contribution < 1.29 is 9.22 Å². The van der Waals surface area contributed by atoms with Gasteiger partial charge in [-0.25, -0.2) is 0 Å². The fraction of sp³-hybridized carbons (Fsp3) is 0.786. The predicted molar refractivity (Wildman–Crippen MR) is 74.5 cm³/mol. The maximum absolute atomic E-state index is 10.9. The Bertz CT molecular complexity index is 302. The highest BCUT2D eigenvalue weighted by molar-refractivity contribution is 6.74. The summed E-state index contributed by atoms with van der Waals surface area (Å²) in [5.74, 6) is 0.372. The first-order chi connectivity index (χ1) is 7.73. The molecule has 1 aliphatic rings. The quantitative estimate of drug-likeness (QED) is 0.424. The van der Waals surface area contributed by atoms with Gasteiger partial charge in [-0.1, -0.05) is 39.8 Å². The molecule has 0 heterocycles. The smallest absolute Gasteiger partial charge is 0.192 e. The topological polar surface area (TPSA) is 26.3 Å². The van der Waals surface area contributed by atoms with Crippen LogP contribution in [0.4, 0.5) is 0 Å². The van der Waals surface area contributed by atoms with Gasteiger partial charge in [0.15, 0.2) is 8.32 Å². The Hall–Kier alpha value is -0.413. The van der Waals surface area contributed by atoms with Gasteiger partial charge >= 0.3 is 0 Å². The SMILES string of the molecule is CC[C@@H](O[Si](C)(C)C(C)(C)C)[C@H]1C=C[C@H]1C=O. The second-order valence-corrected chi connectivity index (χ2v) is 11.3. The zero-order chi connectivity index (χ0) is 13.3. The Morgan fingerprint density at radius 2 is 1.94 bits per heavy atom. The first-order valence-electron chi connectivity index (χ1n) is 6.54. The zero-order valence-electron chi connectivity index (χ0n) is 12.0. The molecule has 0 aromatic rings. The van der Waals surface area contributed by atoms with Crippen molar-refractivity contribution >= 4 is 14.6 Å². The molecular formula is C14H26O2Si. The van der Waals surface area contributed by atoms with Crippen molar-refractivity contribution in [2.24, 2.45) is 11.8 Å². The summed E-state index contributed by atoms with van der Waals surface area (Å²) in [6, 6.07) is 0. The van der Waals surface area contributed by atoms with E-state index in [2.05, 4.69) is 46.9 Å². The van der Waals surface area contributed by atoms with E-state index in [1.807, 2.05) is 6.08 Å². The van der Waals surface area contributed by atoms with Crippen LogP contribution in [0.15, 0.2) is 12.2 Å². The van der Waals surface area contributed by atoms with Crippen molar-refractivity contribution in [2.75, 3.05) is 0 Å². The number of rotatable bonds is 5. The largest absolute Gasteiger partial charge is 0.413 e. The number of hydrogen-bond acceptors (Lipinski definition) is 2. The first-order valence-corrected chi connectivity index (χ1v) is 9.45. The molecule has 3 atom stereocenters. The molecule has 0 saturated carbocycles. The molecule has 1 aliphatic carbocycles. The van der Waals surface area contributed by atoms with Gasteiger partial charge in [-0.3, -0.25) is 0 Å². The van der Waals surface area contributed by atoms with Crippen LogP contribution in [0.25, 0.3) is 0 Å². The average Bonchev–Trinajstić information content (AvgIpc) is 2.13. The molecule has 0 fully saturated rings. The minimum absolute atomic E-state index is 0.0738. The Balaban J connectivity index is 2.71. The second-order valence-electron chi connectivity index (χ2n) is 6.50. The van der Waals surface area contributed by atoms with E-state index in [0.29, 0.717) is 5.92 Å². The van der Waals surface area contributed by atoms with E-state index in [1.165, 1.54) is 0 Å². The highest BCUT2D eigenvalue weighted by Gasteiger charge is 2.42. The lowest BCUT2D eigenvalue weighted by Crippen LogP contribution is -2.47. The Kier molecular flexibility index (Phi) is 4.36. The molecule has 0 unspecified atom stereocenters. The summed E-state index contributed by atoms with van der Waals surface area (Å²) < 4.78 is 6.42. The predicted octanol–water partition coefficient (Wildman–Crippen LogP) is 3.79. The molecule has 3 heteroatoms. The maximum atomic E-state index is 10.9. The van der Waals surface area contributed by atoms with Gasteiger partial charge in [-0.15, -0.1) is 0 Å². The molecule has 17 heavy (non-hydrogen) atoms. The molecule has 0 aliphatic heterocycles. The fourth-order valence-corrected chi connectivity index (χ4v) is 3.30. The monoisotopic (exact) mass is 254 g/mol. The van der Waals surface area contributed by atoms with Crippen LogP contribution in [0.2, 0.25) is 18.1 Å². The Morgan fingerprint density at radius 3 is 2.24 bits per heavy atom. The van der Waals surface area contributed by atoms with Crippen LogP contribution < -0.4 is 0 Å². The molecule has 0 amide bonds. The standard InChI is InChI=1S/C14H26O2Si/c1-7-13(12-9-8-11(12)10-15)16-17(5,6)14(2,3)4/h8-13H,7H2,1-6H3/t11-,12-,13+/m0/s1. The van der Waals surface area contributed by atoms with E-state index in [9.17, 15) is 4.79 Å². The van der Waals surface area contributed by atoms with Gasteiger partial charge in [0.05, 0.1) is 6.10 Å². The van der Waals surface area contributed by atoms with E-state index in [0.717, 1.165) is 12.7 Å². The van der Waals surface area contributed by atoms with Crippen molar-refractivity contribution in [3.05, 3.63) is 12.2 Å². The normalized spacial score (nSPS) is 26.5. The van der Waals surface area contributed by atoms with Crippen molar-refractivity contribution in [2.45, 2.75) is 58.4 Å². The number of carbonyl (C=O) groups is 1. The van der Waals surface area contributed by atoms with E-state index >= 15 is 0 Å². The molecule has 0 saturated heterocycles. The molecule has 1 rings (SSSR count). The summed E-state index contributed by atoms with van der Waals surface area (Å²) in [6.45, 7) is 13.4. The van der Waals surface area contributed by atoms with E-state index < -0.39 is 8.32 Å². The van der Waals surface area contributed by atoms with Crippen LogP contribution in [0.5, 0.6) is 0 Å². The van der Waals surface area contributed by atoms with Gasteiger partial charge in [0.25, 0.3) is 0 Å². The summed E-state index contributed by atoms with van der Waals surface area (Å²) in [5.41, 5.74) is 0. The molecule has 0 N–H and O–H groups in total. The van der Waals surface area contributed by atoms with Crippen LogP contribution in [0.1, 0.15) is 34.1 Å². The summed E-state index contributed by atoms with van der Waals surface area (Å²) in [5, 5.41) is 0.227. The summed E-state index contributed by atoms with van der Waals surface area (Å²) in [4.78, 5) is 10.9. The molecule has 98 valence electrons. The van der Waals surface area contributed by atoms with Crippen LogP contribution in [0.3, 0.4) is 0 Å². The van der Waals surface area contributed by atoms with Crippen molar-refractivity contribution in [1.82, 2.24) is 0 Å². The molecule has 0 aromatic carbocycles. The lowest BCUT2D eigenvalue weighted by atomic mass is 9.78. The lowest BCUT2D eigenvalue weighted by Gasteiger charge is -2.43. The van der Waals surface area contributed by atoms with E-state index in [-0.39, 0.29) is 17.1 Å². The number of aldehydes is 1. The lowest BCUT2D eigenvalue weighted by molar-refractivity contribution is -0.112. The van der Waals surface area contributed by atoms with Gasteiger partial charge in [-0.05, 0) is 24.6 Å². The number of carbonyl (C=O) groups excluding carboxylic acids is 1. The second kappa shape index (κ2) is 5.07. The highest BCUT2D eigenvalue weighted by atomic mass is 28.4. The average molecular weight is 254 g/mol. The minimum atomic E-state index is -1.73. The first kappa shape index (κ1) is 14.6. The highest BCUT2D eigenvalue weighted by Crippen LogP contribution is 2.40. The molecule has 0 radical (unpaired) electrons. The van der Waals surface area contributed by atoms with Gasteiger partial charge in [-0.2, -0.15) is 0 Å². The molecular weight excluding hydrogens is 228 g/mol. The Morgan fingerprint density at radius 1 is 1.35 bits per heavy atom. The van der Waals surface area contributed by atoms with Gasteiger partial charge in [0.2, 0.25) is 0 Å². The van der Waals surface area contributed by atoms with Crippen LogP contribution >= 0.6 is 0 Å². The summed E-state index contributed by atoms with van der Waals surface area (Å²) in [6.07, 6.45) is 6.33. The molecule has 0 aromatic heterocycles. The molecule has 0 spiro atoms. The van der Waals surface area contributed by atoms with Gasteiger partial charge < -0.3 is 9.22 Å². The van der Waals surface area contributed by atoms with Gasteiger partial charge in [0.1, 0.15) is 6.29 Å². The minimum Gasteiger partial charge on any atom is -0.413 e. The van der Waals surface area contributed by atoms with E-state index in [1.54, 1.807) is 0 Å². The fourth-order valence-electron chi connectivity index (χ4n) is 1.86. The van der Waals surface area contributed by atoms with Crippen molar-refractivity contribution in [3.63, 3.8) is 0 Å². The van der Waals surface area contributed by atoms with Gasteiger partial charge in [0, 0.05) is 11.8 Å². The number of allylic oxidation sites excluding steroid dienone is 1. The zero-order valence-corrected chi connectivity index (χ0v) is 13.0. The van der Waals surface area contributed by atoms with Crippen LogP contribution in [-0.4, -0.2) is 20.7 Å². The van der Waals surface area contributed by atoms with E-state index in [4.69, 9.17) is 4.43 Å². The molecule has 2 nitrogen and oxygen atoms in total. The maximum Gasteiger partial charge on any atom is 0.192 e. The number of hydrogen-bond donors (Lipinski definition) is 0. The third-order valence-electron chi connectivity index (χ3n) is 4.24. The molecule has 0 bridgehead atoms. The van der Waals surface area contributed by atoms with Crippen molar-refractivity contribution in [1.29, 1.82) is 0 Å². The third-order valence-corrected chi connectivity index (χ3v) is 8.75. The summed E-state index contributed by atoms with van der Waals surface area (Å²) in [7, 11) is -1.73. The van der Waals surface area contributed by atoms with Crippen LogP contribution in [-0.2, 0) is 9.22 Å². The van der Waals surface area contributed by atoms with Crippen LogP contribution in [0, 0.1) is 11.8 Å².